The molecule has 2 aliphatic rings. The molecule has 33 heavy (non-hydrogen) atoms. The third-order valence-corrected chi connectivity index (χ3v) is 6.99. The van der Waals surface area contributed by atoms with E-state index in [1.165, 1.54) is 11.1 Å². The monoisotopic (exact) mass is 439 g/mol. The second-order valence-corrected chi connectivity index (χ2v) is 9.23. The van der Waals surface area contributed by atoms with Crippen molar-refractivity contribution in [1.29, 1.82) is 0 Å². The lowest BCUT2D eigenvalue weighted by atomic mass is 9.97. The van der Waals surface area contributed by atoms with Gasteiger partial charge in [0, 0.05) is 24.6 Å². The molecule has 0 bridgehead atoms. The Kier molecular flexibility index (Phi) is 6.10. The Bertz CT molecular complexity index is 1180. The zero-order valence-corrected chi connectivity index (χ0v) is 19.0. The smallest absolute Gasteiger partial charge is 0.338 e. The molecule has 0 fully saturated rings. The number of fused-ring (bicyclic) bond motifs is 2. The summed E-state index contributed by atoms with van der Waals surface area (Å²) in [5.74, 6) is -0.214. The molecule has 0 saturated carbocycles. The first-order chi connectivity index (χ1) is 16.1. The summed E-state index contributed by atoms with van der Waals surface area (Å²) in [7, 11) is 0. The van der Waals surface area contributed by atoms with E-state index in [0.717, 1.165) is 55.6 Å². The van der Waals surface area contributed by atoms with Gasteiger partial charge in [0.05, 0.1) is 5.56 Å². The van der Waals surface area contributed by atoms with E-state index in [0.29, 0.717) is 11.1 Å². The Labute approximate surface area is 195 Å². The maximum Gasteiger partial charge on any atom is 0.338 e. The molecule has 168 valence electrons. The second-order valence-electron chi connectivity index (χ2n) is 9.23. The van der Waals surface area contributed by atoms with Crippen LogP contribution in [0.4, 0.5) is 0 Å². The van der Waals surface area contributed by atoms with Crippen LogP contribution in [0.2, 0.25) is 0 Å². The summed E-state index contributed by atoms with van der Waals surface area (Å²) in [5, 5.41) is 0. The highest BCUT2D eigenvalue weighted by Gasteiger charge is 2.32. The molecule has 1 aliphatic heterocycles. The first-order valence-electron chi connectivity index (χ1n) is 11.8. The molecule has 5 rings (SSSR count). The van der Waals surface area contributed by atoms with E-state index in [2.05, 4.69) is 29.2 Å². The Hall–Kier alpha value is -3.24. The minimum absolute atomic E-state index is 0.00726. The van der Waals surface area contributed by atoms with Gasteiger partial charge in [0.15, 0.2) is 5.78 Å². The maximum atomic E-state index is 13.2. The Morgan fingerprint density at radius 1 is 1.00 bits per heavy atom. The van der Waals surface area contributed by atoms with Gasteiger partial charge >= 0.3 is 5.97 Å². The fourth-order valence-electron chi connectivity index (χ4n) is 5.08. The van der Waals surface area contributed by atoms with E-state index in [4.69, 9.17) is 4.74 Å². The third-order valence-electron chi connectivity index (χ3n) is 6.99. The zero-order valence-electron chi connectivity index (χ0n) is 19.0. The van der Waals surface area contributed by atoms with E-state index in [9.17, 15) is 9.59 Å². The average Bonchev–Trinajstić information content (AvgIpc) is 3.15. The predicted octanol–water partition coefficient (Wildman–Crippen LogP) is 5.16. The topological polar surface area (TPSA) is 46.6 Å². The number of hydrogen-bond acceptors (Lipinski definition) is 4. The molecular formula is C29H29NO3. The minimum atomic E-state index is -0.373. The number of ether oxygens (including phenoxy) is 1. The number of carbonyl (C=O) groups is 2. The molecule has 4 heteroatoms. The van der Waals surface area contributed by atoms with Crippen molar-refractivity contribution in [2.45, 2.75) is 39.3 Å². The summed E-state index contributed by atoms with van der Waals surface area (Å²) < 4.78 is 5.52. The Morgan fingerprint density at radius 3 is 2.58 bits per heavy atom. The summed E-state index contributed by atoms with van der Waals surface area (Å²) in [6.07, 6.45) is 2.68. The molecule has 3 aromatic carbocycles. The highest BCUT2D eigenvalue weighted by atomic mass is 16.5. The zero-order chi connectivity index (χ0) is 22.8. The predicted molar refractivity (Wildman–Crippen MR) is 128 cm³/mol. The molecule has 4 nitrogen and oxygen atoms in total. The molecule has 0 radical (unpaired) electrons. The van der Waals surface area contributed by atoms with Crippen molar-refractivity contribution >= 4 is 11.8 Å². The van der Waals surface area contributed by atoms with Crippen LogP contribution in [-0.4, -0.2) is 29.7 Å². The summed E-state index contributed by atoms with van der Waals surface area (Å²) in [6.45, 7) is 5.07. The SMILES string of the molecule is Cc1cc2c(cc1C(=O)OCc1ccccc1)C(=O)C(CCN1CCc3ccccc3C1)C2. The molecular weight excluding hydrogens is 410 g/mol. The average molecular weight is 440 g/mol. The molecule has 0 spiro atoms. The number of benzene rings is 3. The normalized spacial score (nSPS) is 17.5. The molecule has 1 atom stereocenters. The maximum absolute atomic E-state index is 13.2. The van der Waals surface area contributed by atoms with Gasteiger partial charge in [-0.1, -0.05) is 60.7 Å². The Balaban J connectivity index is 1.22. The van der Waals surface area contributed by atoms with Crippen LogP contribution in [0.3, 0.4) is 0 Å². The van der Waals surface area contributed by atoms with Crippen LogP contribution in [0, 0.1) is 12.8 Å². The molecule has 1 aliphatic carbocycles. The van der Waals surface area contributed by atoms with Crippen molar-refractivity contribution < 1.29 is 14.3 Å². The van der Waals surface area contributed by atoms with Gasteiger partial charge < -0.3 is 4.74 Å². The molecule has 1 unspecified atom stereocenters. The third kappa shape index (κ3) is 4.62. The van der Waals surface area contributed by atoms with E-state index in [1.807, 2.05) is 43.3 Å². The van der Waals surface area contributed by atoms with Crippen LogP contribution in [0.5, 0.6) is 0 Å². The second kappa shape index (κ2) is 9.32. The largest absolute Gasteiger partial charge is 0.457 e. The quantitative estimate of drug-likeness (QED) is 0.498. The number of nitrogens with zero attached hydrogens (tertiary/aromatic N) is 1. The van der Waals surface area contributed by atoms with Crippen molar-refractivity contribution in [3.05, 3.63) is 106 Å². The van der Waals surface area contributed by atoms with E-state index in [1.54, 1.807) is 6.07 Å². The fourth-order valence-corrected chi connectivity index (χ4v) is 5.08. The highest BCUT2D eigenvalue weighted by Crippen LogP contribution is 2.32. The molecule has 0 saturated heterocycles. The lowest BCUT2D eigenvalue weighted by Gasteiger charge is -2.29. The molecule has 3 aromatic rings. The van der Waals surface area contributed by atoms with Crippen LogP contribution >= 0.6 is 0 Å². The number of carbonyl (C=O) groups excluding carboxylic acids is 2. The van der Waals surface area contributed by atoms with Gasteiger partial charge in [0.25, 0.3) is 0 Å². The van der Waals surface area contributed by atoms with Crippen LogP contribution in [0.15, 0.2) is 66.7 Å². The molecule has 1 heterocycles. The minimum Gasteiger partial charge on any atom is -0.457 e. The van der Waals surface area contributed by atoms with Gasteiger partial charge in [-0.25, -0.2) is 4.79 Å². The fraction of sp³-hybridized carbons (Fsp3) is 0.310. The Morgan fingerprint density at radius 2 is 1.76 bits per heavy atom. The van der Waals surface area contributed by atoms with Crippen molar-refractivity contribution in [2.24, 2.45) is 5.92 Å². The van der Waals surface area contributed by atoms with Gasteiger partial charge in [-0.15, -0.1) is 0 Å². The summed E-state index contributed by atoms with van der Waals surface area (Å²) in [6, 6.07) is 22.0. The number of ketones is 1. The lowest BCUT2D eigenvalue weighted by molar-refractivity contribution is 0.0472. The summed E-state index contributed by atoms with van der Waals surface area (Å²) >= 11 is 0. The first-order valence-corrected chi connectivity index (χ1v) is 11.8. The number of rotatable bonds is 6. The number of esters is 1. The molecule has 0 N–H and O–H groups in total. The van der Waals surface area contributed by atoms with E-state index >= 15 is 0 Å². The standard InChI is InChI=1S/C29H29NO3/c1-20-15-25-16-23(12-14-30-13-11-22-9-5-6-10-24(22)18-30)28(31)27(25)17-26(20)29(32)33-19-21-7-3-2-4-8-21/h2-10,15,17,23H,11-14,16,18-19H2,1H3. The van der Waals surface area contributed by atoms with Gasteiger partial charge in [-0.05, 0) is 66.6 Å². The number of hydrogen-bond donors (Lipinski definition) is 0. The van der Waals surface area contributed by atoms with Gasteiger partial charge in [-0.3, -0.25) is 9.69 Å². The highest BCUT2D eigenvalue weighted by molar-refractivity contribution is 6.04. The molecule has 0 amide bonds. The van der Waals surface area contributed by atoms with Gasteiger partial charge in [0.2, 0.25) is 0 Å². The van der Waals surface area contributed by atoms with Crippen LogP contribution in [-0.2, 0) is 30.7 Å². The van der Waals surface area contributed by atoms with E-state index in [-0.39, 0.29) is 24.3 Å². The van der Waals surface area contributed by atoms with E-state index < -0.39 is 0 Å². The van der Waals surface area contributed by atoms with Crippen molar-refractivity contribution in [3.63, 3.8) is 0 Å². The lowest BCUT2D eigenvalue weighted by Crippen LogP contribution is -2.32. The first kappa shape index (κ1) is 21.6. The number of Topliss-reactive ketones (excluding diaryl/α,β-unsaturated/α-hetero) is 1. The summed E-state index contributed by atoms with van der Waals surface area (Å²) in [5.41, 5.74) is 6.91. The van der Waals surface area contributed by atoms with Crippen LogP contribution in [0.1, 0.15) is 55.0 Å². The molecule has 0 aromatic heterocycles. The van der Waals surface area contributed by atoms with Crippen LogP contribution in [0.25, 0.3) is 0 Å². The van der Waals surface area contributed by atoms with Crippen molar-refractivity contribution in [3.8, 4) is 0 Å². The van der Waals surface area contributed by atoms with Crippen molar-refractivity contribution in [2.75, 3.05) is 13.1 Å². The van der Waals surface area contributed by atoms with Crippen LogP contribution < -0.4 is 0 Å². The number of aryl methyl sites for hydroxylation is 1. The van der Waals surface area contributed by atoms with Gasteiger partial charge in [-0.2, -0.15) is 0 Å². The van der Waals surface area contributed by atoms with Crippen molar-refractivity contribution in [1.82, 2.24) is 4.90 Å². The summed E-state index contributed by atoms with van der Waals surface area (Å²) in [4.78, 5) is 28.3. The van der Waals surface area contributed by atoms with Gasteiger partial charge in [0.1, 0.15) is 6.61 Å².